The van der Waals surface area contributed by atoms with E-state index < -0.39 is 11.9 Å². The number of ether oxygens (including phenoxy) is 1. The smallest absolute Gasteiger partial charge is 0.308 e. The Balaban J connectivity index is 2.18. The lowest BCUT2D eigenvalue weighted by Crippen LogP contribution is -2.31. The molecule has 0 saturated heterocycles. The van der Waals surface area contributed by atoms with E-state index in [4.69, 9.17) is 9.84 Å². The van der Waals surface area contributed by atoms with E-state index in [0.29, 0.717) is 10.6 Å². The molecule has 0 saturated carbocycles. The van der Waals surface area contributed by atoms with Crippen LogP contribution in [0.1, 0.15) is 16.6 Å². The highest BCUT2D eigenvalue weighted by Crippen LogP contribution is 2.36. The number of nitrogens with one attached hydrogen (secondary N) is 1. The molecule has 5 nitrogen and oxygen atoms in total. The largest absolute Gasteiger partial charge is 0.495 e. The van der Waals surface area contributed by atoms with E-state index in [0.717, 1.165) is 10.4 Å². The molecule has 1 amide bonds. The van der Waals surface area contributed by atoms with E-state index in [1.807, 2.05) is 36.4 Å². The summed E-state index contributed by atoms with van der Waals surface area (Å²) in [6, 6.07) is 11.5. The molecule has 0 aliphatic carbocycles. The summed E-state index contributed by atoms with van der Waals surface area (Å²) in [6.07, 6.45) is 0. The number of thiophene rings is 1. The summed E-state index contributed by atoms with van der Waals surface area (Å²) in [4.78, 5) is 24.4. The van der Waals surface area contributed by atoms with Crippen molar-refractivity contribution in [3.05, 3.63) is 41.3 Å². The number of amides is 1. The second-order valence-electron chi connectivity index (χ2n) is 4.82. The van der Waals surface area contributed by atoms with Crippen molar-refractivity contribution in [2.75, 3.05) is 13.7 Å². The van der Waals surface area contributed by atoms with Crippen LogP contribution in [0.4, 0.5) is 0 Å². The van der Waals surface area contributed by atoms with Crippen LogP contribution in [-0.2, 0) is 4.79 Å². The Kier molecular flexibility index (Phi) is 5.16. The third-order valence-corrected chi connectivity index (χ3v) is 4.34. The number of benzene rings is 1. The van der Waals surface area contributed by atoms with Crippen molar-refractivity contribution in [1.29, 1.82) is 0 Å². The van der Waals surface area contributed by atoms with Gasteiger partial charge in [0.2, 0.25) is 0 Å². The number of hydrogen-bond donors (Lipinski definition) is 2. The molecule has 2 N–H and O–H groups in total. The number of carboxylic acid groups (broad SMARTS) is 1. The van der Waals surface area contributed by atoms with Gasteiger partial charge in [0.1, 0.15) is 10.6 Å². The first kappa shape index (κ1) is 16.0. The molecule has 1 aromatic carbocycles. The van der Waals surface area contributed by atoms with Crippen molar-refractivity contribution in [3.8, 4) is 16.2 Å². The first-order chi connectivity index (χ1) is 10.5. The van der Waals surface area contributed by atoms with Crippen molar-refractivity contribution >= 4 is 23.2 Å². The summed E-state index contributed by atoms with van der Waals surface area (Å²) in [5.41, 5.74) is 1.00. The van der Waals surface area contributed by atoms with Gasteiger partial charge in [0, 0.05) is 11.4 Å². The highest BCUT2D eigenvalue weighted by atomic mass is 32.1. The quantitative estimate of drug-likeness (QED) is 0.858. The molecule has 116 valence electrons. The molecule has 0 spiro atoms. The first-order valence-electron chi connectivity index (χ1n) is 6.77. The van der Waals surface area contributed by atoms with E-state index in [-0.39, 0.29) is 12.5 Å². The molecule has 0 radical (unpaired) electrons. The fourth-order valence-corrected chi connectivity index (χ4v) is 2.89. The summed E-state index contributed by atoms with van der Waals surface area (Å²) < 4.78 is 5.26. The normalized spacial score (nSPS) is 11.7. The highest BCUT2D eigenvalue weighted by molar-refractivity contribution is 7.17. The van der Waals surface area contributed by atoms with Crippen LogP contribution in [0.25, 0.3) is 10.4 Å². The Morgan fingerprint density at radius 2 is 2.00 bits per heavy atom. The van der Waals surface area contributed by atoms with E-state index in [2.05, 4.69) is 5.32 Å². The van der Waals surface area contributed by atoms with Crippen LogP contribution in [0.5, 0.6) is 5.75 Å². The van der Waals surface area contributed by atoms with Gasteiger partial charge in [-0.2, -0.15) is 0 Å². The van der Waals surface area contributed by atoms with Crippen molar-refractivity contribution in [2.24, 2.45) is 5.92 Å². The fraction of sp³-hybridized carbons (Fsp3) is 0.250. The van der Waals surface area contributed by atoms with Crippen LogP contribution in [0.2, 0.25) is 0 Å². The molecule has 6 heteroatoms. The molecular formula is C16H17NO4S. The van der Waals surface area contributed by atoms with Gasteiger partial charge in [0.25, 0.3) is 5.91 Å². The van der Waals surface area contributed by atoms with Gasteiger partial charge in [-0.15, -0.1) is 11.3 Å². The van der Waals surface area contributed by atoms with Crippen LogP contribution >= 0.6 is 11.3 Å². The van der Waals surface area contributed by atoms with Gasteiger partial charge < -0.3 is 15.2 Å². The number of methoxy groups -OCH3 is 1. The van der Waals surface area contributed by atoms with Crippen molar-refractivity contribution in [1.82, 2.24) is 5.32 Å². The maximum atomic E-state index is 12.2. The zero-order chi connectivity index (χ0) is 16.1. The molecule has 0 aliphatic rings. The van der Waals surface area contributed by atoms with Gasteiger partial charge in [-0.1, -0.05) is 37.3 Å². The minimum Gasteiger partial charge on any atom is -0.495 e. The number of carboxylic acids is 1. The SMILES string of the molecule is COc1cc(-c2ccccc2)sc1C(=O)NCC(C)C(=O)O. The summed E-state index contributed by atoms with van der Waals surface area (Å²) >= 11 is 1.32. The van der Waals surface area contributed by atoms with Gasteiger partial charge in [0.05, 0.1) is 13.0 Å². The Labute approximate surface area is 132 Å². The fourth-order valence-electron chi connectivity index (χ4n) is 1.84. The predicted octanol–water partition coefficient (Wildman–Crippen LogP) is 2.87. The molecule has 1 atom stereocenters. The zero-order valence-electron chi connectivity index (χ0n) is 12.3. The highest BCUT2D eigenvalue weighted by Gasteiger charge is 2.19. The van der Waals surface area contributed by atoms with E-state index in [1.165, 1.54) is 18.4 Å². The van der Waals surface area contributed by atoms with Crippen molar-refractivity contribution < 1.29 is 19.4 Å². The van der Waals surface area contributed by atoms with E-state index >= 15 is 0 Å². The minimum atomic E-state index is -0.941. The molecule has 2 rings (SSSR count). The van der Waals surface area contributed by atoms with Crippen molar-refractivity contribution in [2.45, 2.75) is 6.92 Å². The minimum absolute atomic E-state index is 0.0793. The number of carbonyl (C=O) groups is 2. The van der Waals surface area contributed by atoms with Gasteiger partial charge in [-0.25, -0.2) is 0 Å². The molecule has 2 aromatic rings. The predicted molar refractivity (Wildman–Crippen MR) is 85.4 cm³/mol. The summed E-state index contributed by atoms with van der Waals surface area (Å²) in [7, 11) is 1.51. The Bertz CT molecular complexity index is 666. The van der Waals surface area contributed by atoms with Gasteiger partial charge in [-0.05, 0) is 11.6 Å². The number of hydrogen-bond acceptors (Lipinski definition) is 4. The van der Waals surface area contributed by atoms with Crippen LogP contribution in [0.3, 0.4) is 0 Å². The Morgan fingerprint density at radius 3 is 2.59 bits per heavy atom. The molecule has 1 aromatic heterocycles. The van der Waals surface area contributed by atoms with Gasteiger partial charge >= 0.3 is 5.97 Å². The standard InChI is InChI=1S/C16H17NO4S/c1-10(16(19)20)9-17-15(18)14-12(21-2)8-13(22-14)11-6-4-3-5-7-11/h3-8,10H,9H2,1-2H3,(H,17,18)(H,19,20). The molecular weight excluding hydrogens is 302 g/mol. The maximum absolute atomic E-state index is 12.2. The second kappa shape index (κ2) is 7.09. The lowest BCUT2D eigenvalue weighted by molar-refractivity contribution is -0.140. The zero-order valence-corrected chi connectivity index (χ0v) is 13.1. The summed E-state index contributed by atoms with van der Waals surface area (Å²) in [6.45, 7) is 1.62. The molecule has 0 fully saturated rings. The number of aliphatic carboxylic acids is 1. The molecule has 0 bridgehead atoms. The third kappa shape index (κ3) is 3.65. The van der Waals surface area contributed by atoms with Gasteiger partial charge in [0.15, 0.2) is 0 Å². The average Bonchev–Trinajstić information content (AvgIpc) is 2.97. The second-order valence-corrected chi connectivity index (χ2v) is 5.88. The number of carbonyl (C=O) groups excluding carboxylic acids is 1. The van der Waals surface area contributed by atoms with Gasteiger partial charge in [-0.3, -0.25) is 9.59 Å². The number of rotatable bonds is 6. The Morgan fingerprint density at radius 1 is 1.32 bits per heavy atom. The summed E-state index contributed by atoms with van der Waals surface area (Å²) in [5, 5.41) is 11.5. The lowest BCUT2D eigenvalue weighted by Gasteiger charge is -2.08. The first-order valence-corrected chi connectivity index (χ1v) is 7.58. The molecule has 0 aliphatic heterocycles. The summed E-state index contributed by atoms with van der Waals surface area (Å²) in [5.74, 6) is -1.41. The van der Waals surface area contributed by atoms with E-state index in [1.54, 1.807) is 6.92 Å². The molecule has 1 heterocycles. The monoisotopic (exact) mass is 319 g/mol. The topological polar surface area (TPSA) is 75.6 Å². The van der Waals surface area contributed by atoms with Crippen LogP contribution in [0, 0.1) is 5.92 Å². The van der Waals surface area contributed by atoms with Crippen LogP contribution < -0.4 is 10.1 Å². The van der Waals surface area contributed by atoms with Crippen LogP contribution in [0.15, 0.2) is 36.4 Å². The van der Waals surface area contributed by atoms with E-state index in [9.17, 15) is 9.59 Å². The maximum Gasteiger partial charge on any atom is 0.308 e. The average molecular weight is 319 g/mol. The van der Waals surface area contributed by atoms with Crippen molar-refractivity contribution in [3.63, 3.8) is 0 Å². The third-order valence-electron chi connectivity index (χ3n) is 3.17. The molecule has 22 heavy (non-hydrogen) atoms. The molecule has 1 unspecified atom stereocenters. The Hall–Kier alpha value is -2.34. The van der Waals surface area contributed by atoms with Crippen LogP contribution in [-0.4, -0.2) is 30.6 Å². The lowest BCUT2D eigenvalue weighted by atomic mass is 10.2.